The number of carbonyl (C=O) groups excluding carboxylic acids is 1. The summed E-state index contributed by atoms with van der Waals surface area (Å²) in [5.74, 6) is 0.195. The van der Waals surface area contributed by atoms with E-state index in [2.05, 4.69) is 12.2 Å². The highest BCUT2D eigenvalue weighted by Crippen LogP contribution is 2.14. The van der Waals surface area contributed by atoms with E-state index < -0.39 is 0 Å². The van der Waals surface area contributed by atoms with Crippen LogP contribution >= 0.6 is 0 Å². The number of ether oxygens (including phenoxy) is 1. The maximum Gasteiger partial charge on any atom is 0.240 e. The minimum atomic E-state index is -0.0385. The van der Waals surface area contributed by atoms with Gasteiger partial charge in [0.25, 0.3) is 0 Å². The molecule has 0 aromatic carbocycles. The van der Waals surface area contributed by atoms with Crippen LogP contribution in [0.5, 0.6) is 0 Å². The van der Waals surface area contributed by atoms with Gasteiger partial charge < -0.3 is 9.64 Å². The van der Waals surface area contributed by atoms with E-state index in [1.165, 1.54) is 0 Å². The van der Waals surface area contributed by atoms with Gasteiger partial charge in [-0.25, -0.2) is 0 Å². The normalized spacial score (nSPS) is 27.4. The number of carbonyl (C=O) groups is 1. The van der Waals surface area contributed by atoms with Crippen LogP contribution < -0.4 is 5.32 Å². The molecule has 1 aliphatic rings. The van der Waals surface area contributed by atoms with Crippen LogP contribution in [0.4, 0.5) is 0 Å². The van der Waals surface area contributed by atoms with Gasteiger partial charge in [0.2, 0.25) is 5.91 Å². The molecule has 0 aliphatic carbocycles. The molecule has 14 heavy (non-hydrogen) atoms. The molecule has 2 unspecified atom stereocenters. The molecule has 1 heterocycles. The molecular weight excluding hydrogens is 180 g/mol. The summed E-state index contributed by atoms with van der Waals surface area (Å²) in [6, 6.07) is -0.0385. The summed E-state index contributed by atoms with van der Waals surface area (Å²) >= 11 is 0. The third-order valence-electron chi connectivity index (χ3n) is 2.57. The lowest BCUT2D eigenvalue weighted by Gasteiger charge is -2.23. The third kappa shape index (κ3) is 2.45. The Morgan fingerprint density at radius 1 is 1.57 bits per heavy atom. The quantitative estimate of drug-likeness (QED) is 0.706. The Bertz CT molecular complexity index is 197. The molecule has 0 saturated carbocycles. The molecule has 1 rings (SSSR count). The number of hydrogen-bond donors (Lipinski definition) is 1. The predicted octanol–water partition coefficient (Wildman–Crippen LogP) is 0.579. The standard InChI is InChI=1S/C10H20N2O2/c1-4-5-9-11-8(2)10(13)12(9)6-7-14-3/h8-9,11H,4-7H2,1-3H3. The van der Waals surface area contributed by atoms with E-state index in [0.717, 1.165) is 12.8 Å². The van der Waals surface area contributed by atoms with E-state index in [4.69, 9.17) is 4.74 Å². The monoisotopic (exact) mass is 200 g/mol. The highest BCUT2D eigenvalue weighted by Gasteiger charge is 2.34. The lowest BCUT2D eigenvalue weighted by molar-refractivity contribution is -0.130. The molecule has 0 aromatic rings. The summed E-state index contributed by atoms with van der Waals surface area (Å²) in [4.78, 5) is 13.6. The number of nitrogens with one attached hydrogen (secondary N) is 1. The summed E-state index contributed by atoms with van der Waals surface area (Å²) in [7, 11) is 1.66. The number of nitrogens with zero attached hydrogens (tertiary/aromatic N) is 1. The lowest BCUT2D eigenvalue weighted by Crippen LogP contribution is -2.39. The first-order valence-electron chi connectivity index (χ1n) is 5.26. The minimum Gasteiger partial charge on any atom is -0.383 e. The smallest absolute Gasteiger partial charge is 0.240 e. The molecule has 4 nitrogen and oxygen atoms in total. The SMILES string of the molecule is CCCC1NC(C)C(=O)N1CCOC. The molecule has 0 aromatic heterocycles. The Morgan fingerprint density at radius 2 is 2.29 bits per heavy atom. The molecule has 82 valence electrons. The summed E-state index contributed by atoms with van der Waals surface area (Å²) in [6.07, 6.45) is 2.30. The van der Waals surface area contributed by atoms with E-state index in [-0.39, 0.29) is 18.1 Å². The van der Waals surface area contributed by atoms with Crippen molar-refractivity contribution in [3.05, 3.63) is 0 Å². The molecule has 1 fully saturated rings. The Kier molecular flexibility index (Phi) is 4.35. The highest BCUT2D eigenvalue weighted by molar-refractivity contribution is 5.83. The Morgan fingerprint density at radius 3 is 2.86 bits per heavy atom. The topological polar surface area (TPSA) is 41.6 Å². The molecule has 1 N–H and O–H groups in total. The van der Waals surface area contributed by atoms with E-state index in [1.807, 2.05) is 11.8 Å². The molecule has 0 spiro atoms. The van der Waals surface area contributed by atoms with Crippen molar-refractivity contribution in [1.82, 2.24) is 10.2 Å². The van der Waals surface area contributed by atoms with Crippen LogP contribution in [0, 0.1) is 0 Å². The number of rotatable bonds is 5. The first-order chi connectivity index (χ1) is 6.70. The van der Waals surface area contributed by atoms with Crippen LogP contribution in [-0.4, -0.2) is 43.3 Å². The van der Waals surface area contributed by atoms with Crippen molar-refractivity contribution in [2.45, 2.75) is 38.9 Å². The van der Waals surface area contributed by atoms with Crippen molar-refractivity contribution in [1.29, 1.82) is 0 Å². The predicted molar refractivity (Wildman–Crippen MR) is 54.9 cm³/mol. The van der Waals surface area contributed by atoms with Crippen LogP contribution in [0.1, 0.15) is 26.7 Å². The maximum absolute atomic E-state index is 11.7. The second-order valence-electron chi connectivity index (χ2n) is 3.72. The average Bonchev–Trinajstić information content (AvgIpc) is 2.42. The van der Waals surface area contributed by atoms with Gasteiger partial charge in [-0.05, 0) is 13.3 Å². The summed E-state index contributed by atoms with van der Waals surface area (Å²) in [6.45, 7) is 5.35. The van der Waals surface area contributed by atoms with Gasteiger partial charge in [-0.2, -0.15) is 0 Å². The first kappa shape index (κ1) is 11.5. The zero-order chi connectivity index (χ0) is 10.6. The minimum absolute atomic E-state index is 0.0385. The molecule has 4 heteroatoms. The molecule has 1 aliphatic heterocycles. The van der Waals surface area contributed by atoms with E-state index in [0.29, 0.717) is 13.2 Å². The fourth-order valence-electron chi connectivity index (χ4n) is 1.82. The second-order valence-corrected chi connectivity index (χ2v) is 3.72. The van der Waals surface area contributed by atoms with Gasteiger partial charge in [-0.3, -0.25) is 10.1 Å². The van der Waals surface area contributed by atoms with Gasteiger partial charge in [0, 0.05) is 13.7 Å². The van der Waals surface area contributed by atoms with Gasteiger partial charge in [-0.1, -0.05) is 13.3 Å². The van der Waals surface area contributed by atoms with E-state index in [9.17, 15) is 4.79 Å². The number of amides is 1. The second kappa shape index (κ2) is 5.32. The van der Waals surface area contributed by atoms with Crippen molar-refractivity contribution in [3.8, 4) is 0 Å². The van der Waals surface area contributed by atoms with Crippen molar-refractivity contribution < 1.29 is 9.53 Å². The molecule has 0 radical (unpaired) electrons. The molecular formula is C10H20N2O2. The van der Waals surface area contributed by atoms with Gasteiger partial charge in [0.15, 0.2) is 0 Å². The van der Waals surface area contributed by atoms with Gasteiger partial charge in [0.1, 0.15) is 0 Å². The van der Waals surface area contributed by atoms with Crippen molar-refractivity contribution >= 4 is 5.91 Å². The summed E-state index contributed by atoms with van der Waals surface area (Å²) < 4.78 is 4.99. The largest absolute Gasteiger partial charge is 0.383 e. The molecule has 1 amide bonds. The zero-order valence-corrected chi connectivity index (χ0v) is 9.25. The van der Waals surface area contributed by atoms with Crippen molar-refractivity contribution in [2.24, 2.45) is 0 Å². The van der Waals surface area contributed by atoms with E-state index in [1.54, 1.807) is 7.11 Å². The number of hydrogen-bond acceptors (Lipinski definition) is 3. The summed E-state index contributed by atoms with van der Waals surface area (Å²) in [5.41, 5.74) is 0. The lowest BCUT2D eigenvalue weighted by atomic mass is 10.2. The molecule has 1 saturated heterocycles. The van der Waals surface area contributed by atoms with Crippen LogP contribution in [0.2, 0.25) is 0 Å². The van der Waals surface area contributed by atoms with Gasteiger partial charge in [0.05, 0.1) is 18.8 Å². The number of methoxy groups -OCH3 is 1. The van der Waals surface area contributed by atoms with Crippen LogP contribution in [0.25, 0.3) is 0 Å². The van der Waals surface area contributed by atoms with Crippen LogP contribution in [0.3, 0.4) is 0 Å². The van der Waals surface area contributed by atoms with E-state index >= 15 is 0 Å². The van der Waals surface area contributed by atoms with Gasteiger partial charge in [-0.15, -0.1) is 0 Å². The highest BCUT2D eigenvalue weighted by atomic mass is 16.5. The third-order valence-corrected chi connectivity index (χ3v) is 2.57. The van der Waals surface area contributed by atoms with Crippen molar-refractivity contribution in [3.63, 3.8) is 0 Å². The van der Waals surface area contributed by atoms with Crippen LogP contribution in [0.15, 0.2) is 0 Å². The van der Waals surface area contributed by atoms with Crippen molar-refractivity contribution in [2.75, 3.05) is 20.3 Å². The molecule has 2 atom stereocenters. The summed E-state index contributed by atoms with van der Waals surface area (Å²) in [5, 5.41) is 3.28. The maximum atomic E-state index is 11.7. The fourth-order valence-corrected chi connectivity index (χ4v) is 1.82. The fraction of sp³-hybridized carbons (Fsp3) is 0.900. The van der Waals surface area contributed by atoms with Gasteiger partial charge >= 0.3 is 0 Å². The van der Waals surface area contributed by atoms with Crippen LogP contribution in [-0.2, 0) is 9.53 Å². The first-order valence-corrected chi connectivity index (χ1v) is 5.26. The zero-order valence-electron chi connectivity index (χ0n) is 9.25. The Balaban J connectivity index is 2.52. The average molecular weight is 200 g/mol. The molecule has 0 bridgehead atoms. The Labute approximate surface area is 85.6 Å². The Hall–Kier alpha value is -0.610.